The van der Waals surface area contributed by atoms with E-state index >= 15 is 0 Å². The summed E-state index contributed by atoms with van der Waals surface area (Å²) in [6, 6.07) is 6.50. The third-order valence-corrected chi connectivity index (χ3v) is 3.53. The maximum atomic E-state index is 6.02. The molecule has 2 nitrogen and oxygen atoms in total. The predicted molar refractivity (Wildman–Crippen MR) is 70.8 cm³/mol. The minimum Gasteiger partial charge on any atom is -0.398 e. The first kappa shape index (κ1) is 11.3. The molecule has 1 heterocycles. The molecule has 0 radical (unpaired) electrons. The highest BCUT2D eigenvalue weighted by molar-refractivity contribution is 5.61. The number of nitrogens with zero attached hydrogens (tertiary/aromatic N) is 1. The topological polar surface area (TPSA) is 29.3 Å². The molecule has 0 amide bonds. The van der Waals surface area contributed by atoms with Crippen molar-refractivity contribution in [1.82, 2.24) is 0 Å². The van der Waals surface area contributed by atoms with E-state index < -0.39 is 0 Å². The largest absolute Gasteiger partial charge is 0.398 e. The number of hydrogen-bond acceptors (Lipinski definition) is 2. The molecule has 0 atom stereocenters. The number of anilines is 2. The van der Waals surface area contributed by atoms with Crippen molar-refractivity contribution in [3.05, 3.63) is 23.8 Å². The fraction of sp³-hybridized carbons (Fsp3) is 0.571. The predicted octanol–water partition coefficient (Wildman–Crippen LogP) is 3.07. The Morgan fingerprint density at radius 3 is 2.62 bits per heavy atom. The summed E-state index contributed by atoms with van der Waals surface area (Å²) >= 11 is 0. The molecule has 0 unspecified atom stereocenters. The Morgan fingerprint density at radius 2 is 2.06 bits per heavy atom. The second kappa shape index (κ2) is 4.77. The fourth-order valence-corrected chi connectivity index (χ4v) is 2.47. The van der Waals surface area contributed by atoms with Gasteiger partial charge in [-0.15, -0.1) is 0 Å². The van der Waals surface area contributed by atoms with Crippen molar-refractivity contribution >= 4 is 11.4 Å². The maximum absolute atomic E-state index is 6.02. The van der Waals surface area contributed by atoms with Crippen LogP contribution in [0.1, 0.15) is 32.3 Å². The lowest BCUT2D eigenvalue weighted by molar-refractivity contribution is 0.381. The molecule has 0 saturated carbocycles. The van der Waals surface area contributed by atoms with Crippen molar-refractivity contribution in [3.8, 4) is 0 Å². The molecule has 1 aromatic rings. The molecule has 1 aliphatic heterocycles. The highest BCUT2D eigenvalue weighted by atomic mass is 15.2. The van der Waals surface area contributed by atoms with Gasteiger partial charge in [0.15, 0.2) is 0 Å². The summed E-state index contributed by atoms with van der Waals surface area (Å²) in [4.78, 5) is 2.43. The third kappa shape index (κ3) is 2.16. The summed E-state index contributed by atoms with van der Waals surface area (Å²) in [6.07, 6.45) is 3.68. The normalized spacial score (nSPS) is 16.2. The van der Waals surface area contributed by atoms with E-state index in [0.29, 0.717) is 0 Å². The molecule has 0 aliphatic carbocycles. The fourth-order valence-electron chi connectivity index (χ4n) is 2.47. The zero-order valence-electron chi connectivity index (χ0n) is 10.4. The summed E-state index contributed by atoms with van der Waals surface area (Å²) < 4.78 is 0. The molecule has 16 heavy (non-hydrogen) atoms. The first-order valence-electron chi connectivity index (χ1n) is 6.38. The van der Waals surface area contributed by atoms with Gasteiger partial charge in [-0.1, -0.05) is 26.3 Å². The minimum atomic E-state index is 0.900. The van der Waals surface area contributed by atoms with Crippen molar-refractivity contribution in [1.29, 1.82) is 0 Å². The molecule has 88 valence electrons. The second-order valence-corrected chi connectivity index (χ2v) is 4.80. The molecule has 1 saturated heterocycles. The van der Waals surface area contributed by atoms with Gasteiger partial charge in [-0.2, -0.15) is 0 Å². The van der Waals surface area contributed by atoms with E-state index in [1.165, 1.54) is 37.2 Å². The molecule has 0 aromatic heterocycles. The Bertz CT molecular complexity index is 354. The number of hydrogen-bond donors (Lipinski definition) is 1. The Labute approximate surface area is 98.4 Å². The Morgan fingerprint density at radius 1 is 1.31 bits per heavy atom. The Hall–Kier alpha value is -1.18. The summed E-state index contributed by atoms with van der Waals surface area (Å²) in [5.41, 5.74) is 9.51. The van der Waals surface area contributed by atoms with Gasteiger partial charge in [0.25, 0.3) is 0 Å². The van der Waals surface area contributed by atoms with Gasteiger partial charge in [-0.3, -0.25) is 0 Å². The van der Waals surface area contributed by atoms with Crippen LogP contribution in [0.2, 0.25) is 0 Å². The van der Waals surface area contributed by atoms with E-state index in [9.17, 15) is 0 Å². The van der Waals surface area contributed by atoms with Gasteiger partial charge in [0.1, 0.15) is 0 Å². The first-order chi connectivity index (χ1) is 7.74. The zero-order chi connectivity index (χ0) is 11.5. The van der Waals surface area contributed by atoms with Gasteiger partial charge in [0, 0.05) is 24.5 Å². The molecule has 0 spiro atoms. The van der Waals surface area contributed by atoms with Crippen LogP contribution in [-0.4, -0.2) is 13.1 Å². The van der Waals surface area contributed by atoms with Gasteiger partial charge in [0.05, 0.1) is 0 Å². The van der Waals surface area contributed by atoms with Gasteiger partial charge in [-0.05, 0) is 36.5 Å². The van der Waals surface area contributed by atoms with Crippen molar-refractivity contribution in [3.63, 3.8) is 0 Å². The number of rotatable bonds is 4. The van der Waals surface area contributed by atoms with Crippen LogP contribution in [0.3, 0.4) is 0 Å². The summed E-state index contributed by atoms with van der Waals surface area (Å²) in [7, 11) is 0. The standard InChI is InChI=1S/C14H22N2/c1-3-5-11-9-16(10-11)13-7-6-12(4-2)14(15)8-13/h6-8,11H,3-5,9-10,15H2,1-2H3. The lowest BCUT2D eigenvalue weighted by Gasteiger charge is -2.41. The van der Waals surface area contributed by atoms with Crippen LogP contribution < -0.4 is 10.6 Å². The highest BCUT2D eigenvalue weighted by Gasteiger charge is 2.25. The van der Waals surface area contributed by atoms with Crippen LogP contribution in [0, 0.1) is 5.92 Å². The second-order valence-electron chi connectivity index (χ2n) is 4.80. The molecule has 1 aliphatic rings. The number of nitrogen functional groups attached to an aromatic ring is 1. The van der Waals surface area contributed by atoms with Crippen LogP contribution in [0.4, 0.5) is 11.4 Å². The lowest BCUT2D eigenvalue weighted by Crippen LogP contribution is -2.46. The lowest BCUT2D eigenvalue weighted by atomic mass is 9.94. The maximum Gasteiger partial charge on any atom is 0.0387 e. The van der Waals surface area contributed by atoms with Crippen molar-refractivity contribution in [2.75, 3.05) is 23.7 Å². The van der Waals surface area contributed by atoms with Crippen molar-refractivity contribution < 1.29 is 0 Å². The van der Waals surface area contributed by atoms with Crippen LogP contribution in [-0.2, 0) is 6.42 Å². The van der Waals surface area contributed by atoms with E-state index in [4.69, 9.17) is 5.73 Å². The molecular weight excluding hydrogens is 196 g/mol. The molecule has 0 bridgehead atoms. The number of nitrogens with two attached hydrogens (primary N) is 1. The molecule has 1 fully saturated rings. The number of aryl methyl sites for hydroxylation is 1. The monoisotopic (exact) mass is 218 g/mol. The van der Waals surface area contributed by atoms with Crippen LogP contribution in [0.5, 0.6) is 0 Å². The molecule has 2 heteroatoms. The summed E-state index contributed by atoms with van der Waals surface area (Å²) in [5.74, 6) is 0.900. The Balaban J connectivity index is 1.99. The van der Waals surface area contributed by atoms with Crippen molar-refractivity contribution in [2.45, 2.75) is 33.1 Å². The number of benzene rings is 1. The summed E-state index contributed by atoms with van der Waals surface area (Å²) in [5, 5.41) is 0. The summed E-state index contributed by atoms with van der Waals surface area (Å²) in [6.45, 7) is 6.82. The van der Waals surface area contributed by atoms with E-state index in [1.807, 2.05) is 0 Å². The van der Waals surface area contributed by atoms with Gasteiger partial charge >= 0.3 is 0 Å². The van der Waals surface area contributed by atoms with E-state index in [0.717, 1.165) is 18.0 Å². The van der Waals surface area contributed by atoms with E-state index in [2.05, 4.69) is 36.9 Å². The first-order valence-corrected chi connectivity index (χ1v) is 6.38. The van der Waals surface area contributed by atoms with Gasteiger partial charge < -0.3 is 10.6 Å². The Kier molecular flexibility index (Phi) is 3.37. The molecule has 1 aromatic carbocycles. The van der Waals surface area contributed by atoms with Crippen molar-refractivity contribution in [2.24, 2.45) is 5.92 Å². The molecule has 2 rings (SSSR count). The molecule has 2 N–H and O–H groups in total. The van der Waals surface area contributed by atoms with Crippen LogP contribution in [0.15, 0.2) is 18.2 Å². The quantitative estimate of drug-likeness (QED) is 0.787. The van der Waals surface area contributed by atoms with E-state index in [1.54, 1.807) is 0 Å². The van der Waals surface area contributed by atoms with E-state index in [-0.39, 0.29) is 0 Å². The third-order valence-electron chi connectivity index (χ3n) is 3.53. The van der Waals surface area contributed by atoms with Crippen LogP contribution >= 0.6 is 0 Å². The zero-order valence-corrected chi connectivity index (χ0v) is 10.4. The highest BCUT2D eigenvalue weighted by Crippen LogP contribution is 2.29. The SMILES string of the molecule is CCCC1CN(c2ccc(CC)c(N)c2)C1. The minimum absolute atomic E-state index is 0.900. The molecular formula is C14H22N2. The van der Waals surface area contributed by atoms with Crippen LogP contribution in [0.25, 0.3) is 0 Å². The average molecular weight is 218 g/mol. The van der Waals surface area contributed by atoms with Gasteiger partial charge in [-0.25, -0.2) is 0 Å². The van der Waals surface area contributed by atoms with Gasteiger partial charge in [0.2, 0.25) is 0 Å². The smallest absolute Gasteiger partial charge is 0.0387 e. The average Bonchev–Trinajstić information content (AvgIpc) is 2.22.